The molecule has 11 rings (SSSR count). The van der Waals surface area contributed by atoms with Gasteiger partial charge >= 0.3 is 0 Å². The molecule has 2 unspecified atom stereocenters. The number of allylic oxidation sites excluding steroid dienone is 2. The highest BCUT2D eigenvalue weighted by atomic mass is 15.2. The van der Waals surface area contributed by atoms with Gasteiger partial charge in [0, 0.05) is 34.4 Å². The van der Waals surface area contributed by atoms with Crippen LogP contribution in [0.1, 0.15) is 11.5 Å². The van der Waals surface area contributed by atoms with Gasteiger partial charge in [-0.2, -0.15) is 0 Å². The lowest BCUT2D eigenvalue weighted by Gasteiger charge is -2.29. The third-order valence-corrected chi connectivity index (χ3v) is 12.0. The number of rotatable bonds is 7. The molecule has 9 aromatic carbocycles. The second kappa shape index (κ2) is 14.3. The molecule has 1 aliphatic carbocycles. The molecule has 2 nitrogen and oxygen atoms in total. The van der Waals surface area contributed by atoms with Crippen LogP contribution in [0.15, 0.2) is 231 Å². The minimum atomic E-state index is 0.243. The fourth-order valence-corrected chi connectivity index (χ4v) is 9.10. The maximum absolute atomic E-state index is 2.52. The van der Waals surface area contributed by atoms with E-state index in [1.165, 1.54) is 71.9 Å². The summed E-state index contributed by atoms with van der Waals surface area (Å²) in [4.78, 5) is 4.88. The van der Waals surface area contributed by atoms with E-state index < -0.39 is 0 Å². The summed E-state index contributed by atoms with van der Waals surface area (Å²) in [5.74, 6) is 0.289. The molecule has 0 saturated heterocycles. The Labute approximate surface area is 339 Å². The van der Waals surface area contributed by atoms with E-state index >= 15 is 0 Å². The summed E-state index contributed by atoms with van der Waals surface area (Å²) in [5, 5.41) is 5.04. The molecular formula is C56H40N2. The molecule has 1 aliphatic heterocycles. The number of hydrogen-bond acceptors (Lipinski definition) is 2. The van der Waals surface area contributed by atoms with Crippen molar-refractivity contribution >= 4 is 50.0 Å². The van der Waals surface area contributed by atoms with Crippen LogP contribution in [0.3, 0.4) is 0 Å². The monoisotopic (exact) mass is 740 g/mol. The normalized spacial score (nSPS) is 15.4. The van der Waals surface area contributed by atoms with Crippen LogP contribution < -0.4 is 9.80 Å². The van der Waals surface area contributed by atoms with Gasteiger partial charge in [-0.1, -0.05) is 170 Å². The van der Waals surface area contributed by atoms with E-state index in [1.807, 2.05) is 0 Å². The first-order valence-corrected chi connectivity index (χ1v) is 20.2. The highest BCUT2D eigenvalue weighted by Crippen LogP contribution is 2.49. The Hall–Kier alpha value is -7.42. The fraction of sp³-hybridized carbons (Fsp3) is 0.0357. The zero-order valence-electron chi connectivity index (χ0n) is 32.0. The molecule has 0 aromatic heterocycles. The van der Waals surface area contributed by atoms with Crippen LogP contribution in [0.2, 0.25) is 0 Å². The lowest BCUT2D eigenvalue weighted by molar-refractivity contribution is 0.745. The van der Waals surface area contributed by atoms with Gasteiger partial charge in [0.25, 0.3) is 0 Å². The molecule has 0 N–H and O–H groups in total. The summed E-state index contributed by atoms with van der Waals surface area (Å²) >= 11 is 0. The quantitative estimate of drug-likeness (QED) is 0.161. The second-order valence-corrected chi connectivity index (χ2v) is 15.3. The van der Waals surface area contributed by atoms with Gasteiger partial charge in [0.2, 0.25) is 0 Å². The van der Waals surface area contributed by atoms with Gasteiger partial charge in [-0.25, -0.2) is 0 Å². The number of fused-ring (bicyclic) bond motifs is 5. The summed E-state index contributed by atoms with van der Waals surface area (Å²) in [5.41, 5.74) is 14.5. The van der Waals surface area contributed by atoms with Crippen molar-refractivity contribution < 1.29 is 0 Å². The predicted octanol–water partition coefficient (Wildman–Crippen LogP) is 15.2. The number of benzene rings is 9. The Kier molecular flexibility index (Phi) is 8.33. The smallest absolute Gasteiger partial charge is 0.0629 e. The van der Waals surface area contributed by atoms with E-state index in [1.54, 1.807) is 0 Å². The maximum atomic E-state index is 2.52. The molecule has 0 fully saturated rings. The molecule has 0 amide bonds. The highest BCUT2D eigenvalue weighted by Gasteiger charge is 2.37. The van der Waals surface area contributed by atoms with Gasteiger partial charge in [0.15, 0.2) is 0 Å². The van der Waals surface area contributed by atoms with E-state index in [0.29, 0.717) is 0 Å². The second-order valence-electron chi connectivity index (χ2n) is 15.3. The Morgan fingerprint density at radius 2 is 0.948 bits per heavy atom. The Morgan fingerprint density at radius 3 is 1.69 bits per heavy atom. The third-order valence-electron chi connectivity index (χ3n) is 12.0. The molecule has 2 atom stereocenters. The Balaban J connectivity index is 0.949. The van der Waals surface area contributed by atoms with Crippen molar-refractivity contribution in [3.8, 4) is 33.4 Å². The number of anilines is 5. The van der Waals surface area contributed by atoms with Gasteiger partial charge in [0.05, 0.1) is 6.04 Å². The highest BCUT2D eigenvalue weighted by molar-refractivity contribution is 5.97. The van der Waals surface area contributed by atoms with Crippen LogP contribution in [0, 0.1) is 0 Å². The maximum Gasteiger partial charge on any atom is 0.0629 e. The van der Waals surface area contributed by atoms with Crippen molar-refractivity contribution in [1.29, 1.82) is 0 Å². The first-order valence-electron chi connectivity index (χ1n) is 20.2. The molecule has 0 bridgehead atoms. The van der Waals surface area contributed by atoms with Gasteiger partial charge in [-0.05, 0) is 121 Å². The van der Waals surface area contributed by atoms with Crippen molar-refractivity contribution in [3.63, 3.8) is 0 Å². The predicted molar refractivity (Wildman–Crippen MR) is 246 cm³/mol. The van der Waals surface area contributed by atoms with Crippen molar-refractivity contribution in [2.24, 2.45) is 0 Å². The van der Waals surface area contributed by atoms with Gasteiger partial charge in [-0.15, -0.1) is 0 Å². The van der Waals surface area contributed by atoms with Crippen LogP contribution in [0.25, 0.3) is 54.9 Å². The topological polar surface area (TPSA) is 6.48 Å². The molecule has 58 heavy (non-hydrogen) atoms. The molecule has 0 saturated carbocycles. The third kappa shape index (κ3) is 5.98. The van der Waals surface area contributed by atoms with Gasteiger partial charge in [-0.3, -0.25) is 0 Å². The first-order chi connectivity index (χ1) is 28.7. The van der Waals surface area contributed by atoms with E-state index in [2.05, 4.69) is 240 Å². The Bertz CT molecular complexity index is 2990. The summed E-state index contributed by atoms with van der Waals surface area (Å²) in [7, 11) is 0. The van der Waals surface area contributed by atoms with Gasteiger partial charge in [0.1, 0.15) is 0 Å². The van der Waals surface area contributed by atoms with E-state index in [0.717, 1.165) is 17.1 Å². The first kappa shape index (κ1) is 33.9. The average Bonchev–Trinajstić information content (AvgIpc) is 3.63. The van der Waals surface area contributed by atoms with Crippen LogP contribution in [0.5, 0.6) is 0 Å². The van der Waals surface area contributed by atoms with Crippen molar-refractivity contribution in [2.45, 2.75) is 12.0 Å². The van der Waals surface area contributed by atoms with Crippen LogP contribution in [-0.4, -0.2) is 6.04 Å². The molecule has 1 heterocycles. The lowest BCUT2D eigenvalue weighted by atomic mass is 9.89. The summed E-state index contributed by atoms with van der Waals surface area (Å²) < 4.78 is 0. The molecule has 0 spiro atoms. The van der Waals surface area contributed by atoms with Crippen LogP contribution in [-0.2, 0) is 0 Å². The van der Waals surface area contributed by atoms with Crippen molar-refractivity contribution in [3.05, 3.63) is 236 Å². The zero-order valence-corrected chi connectivity index (χ0v) is 32.0. The fourth-order valence-electron chi connectivity index (χ4n) is 9.10. The summed E-state index contributed by atoms with van der Waals surface area (Å²) in [6.45, 7) is 0. The minimum Gasteiger partial charge on any atom is -0.333 e. The summed E-state index contributed by atoms with van der Waals surface area (Å²) in [6, 6.07) is 75.5. The van der Waals surface area contributed by atoms with E-state index in [-0.39, 0.29) is 12.0 Å². The van der Waals surface area contributed by atoms with Crippen molar-refractivity contribution in [2.75, 3.05) is 9.80 Å². The largest absolute Gasteiger partial charge is 0.333 e. The minimum absolute atomic E-state index is 0.243. The summed E-state index contributed by atoms with van der Waals surface area (Å²) in [6.07, 6.45) is 9.11. The number of hydrogen-bond donors (Lipinski definition) is 0. The van der Waals surface area contributed by atoms with Crippen LogP contribution in [0.4, 0.5) is 28.4 Å². The van der Waals surface area contributed by atoms with E-state index in [9.17, 15) is 0 Å². The zero-order chi connectivity index (χ0) is 38.4. The molecule has 0 radical (unpaired) electrons. The number of nitrogens with zero attached hydrogens (tertiary/aromatic N) is 2. The average molecular weight is 741 g/mol. The van der Waals surface area contributed by atoms with Crippen LogP contribution >= 0.6 is 0 Å². The van der Waals surface area contributed by atoms with E-state index in [4.69, 9.17) is 0 Å². The molecule has 274 valence electrons. The SMILES string of the molecule is C1=CC2c3cc(-c4ccc(N(c5ccc(-c6ccccc6)cc5)c5ccc(-c6cccc7ccccc67)cc5)cc4)ccc3N(c3ccc4ccccc4c3)C2C=C1. The molecule has 9 aromatic rings. The lowest BCUT2D eigenvalue weighted by Crippen LogP contribution is -2.28. The molecular weight excluding hydrogens is 701 g/mol. The molecule has 2 aliphatic rings. The Morgan fingerprint density at radius 1 is 0.379 bits per heavy atom. The standard InChI is InChI=1S/C56H40N2/c1-2-11-39(12-3-1)41-21-29-47(30-22-41)57(49-33-26-44(27-34-49)52-19-10-16-43-14-6-7-17-51(43)52)48-31-23-42(24-32-48)46-28-36-56-54(38-46)53-18-8-9-20-55(53)58(56)50-35-25-40-13-4-5-15-45(40)37-50/h1-38,53,55H. The van der Waals surface area contributed by atoms with Crippen molar-refractivity contribution in [1.82, 2.24) is 0 Å². The van der Waals surface area contributed by atoms with Gasteiger partial charge < -0.3 is 9.80 Å². The molecule has 2 heteroatoms.